The van der Waals surface area contributed by atoms with Crippen LogP contribution in [0.5, 0.6) is 0 Å². The second-order valence-electron chi connectivity index (χ2n) is 3.74. The largest absolute Gasteiger partial charge is 0.550 e. The number of aliphatic carboxylic acids is 1. The monoisotopic (exact) mass is 231 g/mol. The van der Waals surface area contributed by atoms with Crippen molar-refractivity contribution in [2.45, 2.75) is 19.8 Å². The van der Waals surface area contributed by atoms with E-state index in [-0.39, 0.29) is 12.8 Å². The Kier molecular flexibility index (Phi) is 3.18. The number of hydrogen-bond acceptors (Lipinski definition) is 5. The van der Waals surface area contributed by atoms with Gasteiger partial charge in [0.15, 0.2) is 0 Å². The third-order valence-electron chi connectivity index (χ3n) is 2.31. The first kappa shape index (κ1) is 11.3. The van der Waals surface area contributed by atoms with Gasteiger partial charge in [0.2, 0.25) is 11.8 Å². The summed E-state index contributed by atoms with van der Waals surface area (Å²) >= 11 is 0. The number of carboxylic acids is 1. The van der Waals surface area contributed by atoms with Crippen LogP contribution in [0.2, 0.25) is 0 Å². The van der Waals surface area contributed by atoms with Crippen LogP contribution in [-0.4, -0.2) is 16.2 Å². The van der Waals surface area contributed by atoms with E-state index in [1.807, 2.05) is 31.2 Å². The highest BCUT2D eigenvalue weighted by molar-refractivity contribution is 5.64. The zero-order chi connectivity index (χ0) is 12.3. The van der Waals surface area contributed by atoms with E-state index >= 15 is 0 Å². The minimum atomic E-state index is -1.12. The Bertz CT molecular complexity index is 517. The molecule has 1 aromatic heterocycles. The van der Waals surface area contributed by atoms with Gasteiger partial charge in [-0.1, -0.05) is 17.7 Å². The van der Waals surface area contributed by atoms with Gasteiger partial charge >= 0.3 is 0 Å². The van der Waals surface area contributed by atoms with Crippen molar-refractivity contribution < 1.29 is 14.3 Å². The molecule has 0 aliphatic carbocycles. The van der Waals surface area contributed by atoms with Crippen molar-refractivity contribution in [2.75, 3.05) is 0 Å². The zero-order valence-corrected chi connectivity index (χ0v) is 9.34. The van der Waals surface area contributed by atoms with Gasteiger partial charge in [-0.2, -0.15) is 0 Å². The number of aromatic nitrogens is 2. The Morgan fingerprint density at radius 1 is 1.29 bits per heavy atom. The third kappa shape index (κ3) is 2.90. The Labute approximate surface area is 98.1 Å². The summed E-state index contributed by atoms with van der Waals surface area (Å²) < 4.78 is 5.35. The molecule has 1 aromatic carbocycles. The number of carboxylic acid groups (broad SMARTS) is 1. The standard InChI is InChI=1S/C12H12N2O3/c1-8-2-4-9(5-3-8)12-14-13-10(17-12)6-7-11(15)16/h2-5H,6-7H2,1H3,(H,15,16)/p-1. The first-order valence-electron chi connectivity index (χ1n) is 5.24. The maximum atomic E-state index is 10.3. The van der Waals surface area contributed by atoms with Gasteiger partial charge < -0.3 is 14.3 Å². The predicted octanol–water partition coefficient (Wildman–Crippen LogP) is 0.728. The van der Waals surface area contributed by atoms with Crippen molar-refractivity contribution >= 4 is 5.97 Å². The summed E-state index contributed by atoms with van der Waals surface area (Å²) in [6.07, 6.45) is 0.0801. The highest BCUT2D eigenvalue weighted by Gasteiger charge is 2.07. The molecule has 5 nitrogen and oxygen atoms in total. The van der Waals surface area contributed by atoms with Gasteiger partial charge in [0.05, 0.1) is 0 Å². The molecule has 2 aromatic rings. The van der Waals surface area contributed by atoms with Crippen molar-refractivity contribution in [2.24, 2.45) is 0 Å². The quantitative estimate of drug-likeness (QED) is 0.774. The van der Waals surface area contributed by atoms with Gasteiger partial charge in [-0.25, -0.2) is 0 Å². The SMILES string of the molecule is Cc1ccc(-c2nnc(CCC(=O)[O-])o2)cc1. The third-order valence-corrected chi connectivity index (χ3v) is 2.31. The van der Waals surface area contributed by atoms with Crippen LogP contribution in [0.25, 0.3) is 11.5 Å². The number of aryl methyl sites for hydroxylation is 2. The van der Waals surface area contributed by atoms with Gasteiger partial charge in [0, 0.05) is 18.0 Å². The Morgan fingerprint density at radius 2 is 2.00 bits per heavy atom. The molecule has 0 saturated heterocycles. The minimum Gasteiger partial charge on any atom is -0.550 e. The second-order valence-corrected chi connectivity index (χ2v) is 3.74. The molecule has 0 aliphatic heterocycles. The first-order valence-corrected chi connectivity index (χ1v) is 5.24. The normalized spacial score (nSPS) is 10.4. The fraction of sp³-hybridized carbons (Fsp3) is 0.250. The Hall–Kier alpha value is -2.17. The molecular weight excluding hydrogens is 220 g/mol. The van der Waals surface area contributed by atoms with Crippen LogP contribution in [-0.2, 0) is 11.2 Å². The molecule has 0 amide bonds. The van der Waals surface area contributed by atoms with Gasteiger partial charge in [-0.05, 0) is 25.5 Å². The molecule has 17 heavy (non-hydrogen) atoms. The molecule has 0 atom stereocenters. The average Bonchev–Trinajstić information content (AvgIpc) is 2.76. The summed E-state index contributed by atoms with van der Waals surface area (Å²) in [5, 5.41) is 17.9. The highest BCUT2D eigenvalue weighted by Crippen LogP contribution is 2.18. The summed E-state index contributed by atoms with van der Waals surface area (Å²) in [6.45, 7) is 1.99. The molecule has 0 aliphatic rings. The van der Waals surface area contributed by atoms with Crippen LogP contribution in [0.3, 0.4) is 0 Å². The van der Waals surface area contributed by atoms with E-state index in [9.17, 15) is 9.90 Å². The predicted molar refractivity (Wildman–Crippen MR) is 57.8 cm³/mol. The molecule has 0 N–H and O–H groups in total. The molecule has 0 fully saturated rings. The van der Waals surface area contributed by atoms with Crippen molar-refractivity contribution in [3.63, 3.8) is 0 Å². The molecule has 0 saturated carbocycles. The molecule has 0 unspecified atom stereocenters. The molecule has 0 radical (unpaired) electrons. The minimum absolute atomic E-state index is 0.116. The summed E-state index contributed by atoms with van der Waals surface area (Å²) in [5.74, 6) is -0.414. The average molecular weight is 231 g/mol. The molecular formula is C12H11N2O3-. The molecule has 0 spiro atoms. The number of carbonyl (C=O) groups is 1. The maximum absolute atomic E-state index is 10.3. The number of carbonyl (C=O) groups excluding carboxylic acids is 1. The van der Waals surface area contributed by atoms with Crippen molar-refractivity contribution in [3.8, 4) is 11.5 Å². The first-order chi connectivity index (χ1) is 8.15. The van der Waals surface area contributed by atoms with E-state index < -0.39 is 5.97 Å². The van der Waals surface area contributed by atoms with Crippen molar-refractivity contribution in [3.05, 3.63) is 35.7 Å². The van der Waals surface area contributed by atoms with E-state index in [4.69, 9.17) is 4.42 Å². The van der Waals surface area contributed by atoms with Gasteiger partial charge in [-0.15, -0.1) is 10.2 Å². The number of benzene rings is 1. The van der Waals surface area contributed by atoms with E-state index in [0.717, 1.165) is 11.1 Å². The van der Waals surface area contributed by atoms with E-state index in [1.54, 1.807) is 0 Å². The Morgan fingerprint density at radius 3 is 2.65 bits per heavy atom. The van der Waals surface area contributed by atoms with E-state index in [2.05, 4.69) is 10.2 Å². The number of rotatable bonds is 4. The maximum Gasteiger partial charge on any atom is 0.247 e. The lowest BCUT2D eigenvalue weighted by atomic mass is 10.1. The number of hydrogen-bond donors (Lipinski definition) is 0. The van der Waals surface area contributed by atoms with Crippen LogP contribution >= 0.6 is 0 Å². The van der Waals surface area contributed by atoms with E-state index in [1.165, 1.54) is 0 Å². The van der Waals surface area contributed by atoms with Crippen LogP contribution in [0.15, 0.2) is 28.7 Å². The van der Waals surface area contributed by atoms with Gasteiger partial charge in [-0.3, -0.25) is 0 Å². The highest BCUT2D eigenvalue weighted by atomic mass is 16.4. The van der Waals surface area contributed by atoms with E-state index in [0.29, 0.717) is 11.8 Å². The molecule has 2 rings (SSSR count). The summed E-state index contributed by atoms with van der Waals surface area (Å²) in [6, 6.07) is 7.65. The van der Waals surface area contributed by atoms with Crippen molar-refractivity contribution in [1.29, 1.82) is 0 Å². The lowest BCUT2D eigenvalue weighted by Gasteiger charge is -1.97. The lowest BCUT2D eigenvalue weighted by Crippen LogP contribution is -2.22. The molecule has 88 valence electrons. The topological polar surface area (TPSA) is 79.0 Å². The molecule has 1 heterocycles. The zero-order valence-electron chi connectivity index (χ0n) is 9.34. The Balaban J connectivity index is 2.12. The van der Waals surface area contributed by atoms with Gasteiger partial charge in [0.25, 0.3) is 0 Å². The fourth-order valence-electron chi connectivity index (χ4n) is 1.38. The number of nitrogens with zero attached hydrogens (tertiary/aromatic N) is 2. The lowest BCUT2D eigenvalue weighted by molar-refractivity contribution is -0.305. The molecule has 0 bridgehead atoms. The van der Waals surface area contributed by atoms with Gasteiger partial charge in [0.1, 0.15) is 0 Å². The van der Waals surface area contributed by atoms with Crippen LogP contribution in [0.1, 0.15) is 17.9 Å². The molecule has 5 heteroatoms. The fourth-order valence-corrected chi connectivity index (χ4v) is 1.38. The van der Waals surface area contributed by atoms with Crippen LogP contribution in [0, 0.1) is 6.92 Å². The van der Waals surface area contributed by atoms with Crippen LogP contribution < -0.4 is 5.11 Å². The summed E-state index contributed by atoms with van der Waals surface area (Å²) in [7, 11) is 0. The summed E-state index contributed by atoms with van der Waals surface area (Å²) in [4.78, 5) is 10.3. The van der Waals surface area contributed by atoms with Crippen LogP contribution in [0.4, 0.5) is 0 Å². The second kappa shape index (κ2) is 4.78. The smallest absolute Gasteiger partial charge is 0.247 e. The van der Waals surface area contributed by atoms with Crippen molar-refractivity contribution in [1.82, 2.24) is 10.2 Å². The summed E-state index contributed by atoms with van der Waals surface area (Å²) in [5.41, 5.74) is 1.97.